The van der Waals surface area contributed by atoms with E-state index in [1.54, 1.807) is 12.1 Å². The highest BCUT2D eigenvalue weighted by molar-refractivity contribution is 6.31. The maximum Gasteiger partial charge on any atom is 0.336 e. The normalized spacial score (nSPS) is 12.3. The van der Waals surface area contributed by atoms with E-state index in [1.165, 1.54) is 12.8 Å². The lowest BCUT2D eigenvalue weighted by atomic mass is 9.98. The van der Waals surface area contributed by atoms with E-state index in [9.17, 15) is 4.79 Å². The maximum atomic E-state index is 12.4. The summed E-state index contributed by atoms with van der Waals surface area (Å²) in [5, 5.41) is 1.45. The van der Waals surface area contributed by atoms with Crippen LogP contribution in [0.4, 0.5) is 0 Å². The third-order valence-electron chi connectivity index (χ3n) is 6.23. The van der Waals surface area contributed by atoms with Crippen molar-refractivity contribution in [3.05, 3.63) is 87.2 Å². The molecule has 0 atom stereocenters. The minimum Gasteiger partial charge on any atom is -0.488 e. The van der Waals surface area contributed by atoms with Crippen molar-refractivity contribution >= 4 is 22.6 Å². The van der Waals surface area contributed by atoms with E-state index in [4.69, 9.17) is 30.2 Å². The molecule has 180 valence electrons. The molecular weight excluding hydrogens is 464 g/mol. The average Bonchev–Trinajstić information content (AvgIpc) is 3.32. The van der Waals surface area contributed by atoms with Crippen molar-refractivity contribution in [3.63, 3.8) is 0 Å². The Morgan fingerprint density at radius 1 is 0.914 bits per heavy atom. The molecule has 0 fully saturated rings. The van der Waals surface area contributed by atoms with Gasteiger partial charge in [0, 0.05) is 29.1 Å². The lowest BCUT2D eigenvalue weighted by Gasteiger charge is -2.15. The number of hydrogen-bond donors (Lipinski definition) is 0. The van der Waals surface area contributed by atoms with Crippen LogP contribution in [0.1, 0.15) is 43.7 Å². The minimum atomic E-state index is -0.392. The van der Waals surface area contributed by atoms with Crippen molar-refractivity contribution in [2.45, 2.75) is 45.6 Å². The predicted octanol–water partition coefficient (Wildman–Crippen LogP) is 7.54. The fourth-order valence-corrected chi connectivity index (χ4v) is 4.60. The molecule has 6 heteroatoms. The molecule has 0 aliphatic carbocycles. The van der Waals surface area contributed by atoms with Gasteiger partial charge >= 0.3 is 5.63 Å². The lowest BCUT2D eigenvalue weighted by molar-refractivity contribution is 0.174. The Morgan fingerprint density at radius 2 is 1.71 bits per heavy atom. The van der Waals surface area contributed by atoms with Gasteiger partial charge in [-0.3, -0.25) is 0 Å². The topological polar surface area (TPSA) is 57.9 Å². The lowest BCUT2D eigenvalue weighted by Crippen LogP contribution is -2.03. The fourth-order valence-electron chi connectivity index (χ4n) is 4.39. The van der Waals surface area contributed by atoms with Crippen LogP contribution in [0.15, 0.2) is 69.9 Å². The number of ether oxygens (including phenoxy) is 3. The first kappa shape index (κ1) is 23.3. The molecule has 3 aromatic carbocycles. The van der Waals surface area contributed by atoms with Gasteiger partial charge in [0.1, 0.15) is 17.9 Å². The molecule has 5 nitrogen and oxygen atoms in total. The van der Waals surface area contributed by atoms with Gasteiger partial charge in [-0.15, -0.1) is 0 Å². The Balaban J connectivity index is 1.52. The third kappa shape index (κ3) is 5.15. The molecule has 0 saturated carbocycles. The zero-order valence-electron chi connectivity index (χ0n) is 19.6. The van der Waals surface area contributed by atoms with Gasteiger partial charge in [0.15, 0.2) is 11.5 Å². The summed E-state index contributed by atoms with van der Waals surface area (Å²) in [5.41, 5.74) is 3.82. The van der Waals surface area contributed by atoms with Gasteiger partial charge in [-0.05, 0) is 41.7 Å². The Kier molecular flexibility index (Phi) is 6.96. The summed E-state index contributed by atoms with van der Waals surface area (Å²) >= 11 is 6.46. The van der Waals surface area contributed by atoms with Crippen LogP contribution in [0, 0.1) is 0 Å². The SMILES string of the molecule is CCCCCCc1cc2c(-c3ccccc3)cc(=O)oc2cc1OCc1cc2c(cc1Cl)OCO2. The Bertz CT molecular complexity index is 1390. The van der Waals surface area contributed by atoms with Crippen molar-refractivity contribution in [3.8, 4) is 28.4 Å². The largest absolute Gasteiger partial charge is 0.488 e. The smallest absolute Gasteiger partial charge is 0.336 e. The summed E-state index contributed by atoms with van der Waals surface area (Å²) in [5.74, 6) is 1.98. The standard InChI is InChI=1S/C29H27ClO5/c1-2-3-4-6-11-20-12-23-22(19-9-7-5-8-10-19)14-29(31)35-26(23)16-25(20)32-17-21-13-27-28(15-24(21)30)34-18-33-27/h5,7-10,12-16H,2-4,6,11,17-18H2,1H3. The molecular formula is C29H27ClO5. The van der Waals surface area contributed by atoms with Gasteiger partial charge in [-0.25, -0.2) is 4.79 Å². The van der Waals surface area contributed by atoms with Crippen LogP contribution in [0.25, 0.3) is 22.1 Å². The molecule has 0 bridgehead atoms. The maximum absolute atomic E-state index is 12.4. The van der Waals surface area contributed by atoms with Gasteiger partial charge < -0.3 is 18.6 Å². The van der Waals surface area contributed by atoms with E-state index in [1.807, 2.05) is 42.5 Å². The molecule has 35 heavy (non-hydrogen) atoms. The van der Waals surface area contributed by atoms with Crippen molar-refractivity contribution in [1.29, 1.82) is 0 Å². The van der Waals surface area contributed by atoms with Gasteiger partial charge in [-0.1, -0.05) is 68.1 Å². The molecule has 0 unspecified atom stereocenters. The number of benzene rings is 3. The minimum absolute atomic E-state index is 0.186. The molecule has 0 radical (unpaired) electrons. The Hall–Kier alpha value is -3.44. The van der Waals surface area contributed by atoms with Crippen molar-refractivity contribution in [2.75, 3.05) is 6.79 Å². The van der Waals surface area contributed by atoms with Gasteiger partial charge in [-0.2, -0.15) is 0 Å². The summed E-state index contributed by atoms with van der Waals surface area (Å²) in [7, 11) is 0. The first-order chi connectivity index (χ1) is 17.1. The average molecular weight is 491 g/mol. The van der Waals surface area contributed by atoms with E-state index in [0.717, 1.165) is 46.9 Å². The number of halogens is 1. The predicted molar refractivity (Wildman–Crippen MR) is 138 cm³/mol. The molecule has 1 aromatic heterocycles. The number of fused-ring (bicyclic) bond motifs is 2. The number of rotatable bonds is 9. The van der Waals surface area contributed by atoms with Crippen LogP contribution in [0.3, 0.4) is 0 Å². The van der Waals surface area contributed by atoms with Crippen LogP contribution in [0.5, 0.6) is 17.2 Å². The summed E-state index contributed by atoms with van der Waals surface area (Å²) < 4.78 is 22.8. The Labute approximate surface area is 209 Å². The highest BCUT2D eigenvalue weighted by Gasteiger charge is 2.18. The zero-order valence-corrected chi connectivity index (χ0v) is 20.4. The highest BCUT2D eigenvalue weighted by atomic mass is 35.5. The molecule has 0 amide bonds. The first-order valence-corrected chi connectivity index (χ1v) is 12.4. The quantitative estimate of drug-likeness (QED) is 0.179. The van der Waals surface area contributed by atoms with Gasteiger partial charge in [0.25, 0.3) is 0 Å². The van der Waals surface area contributed by atoms with E-state index in [2.05, 4.69) is 13.0 Å². The summed E-state index contributed by atoms with van der Waals surface area (Å²) in [6.07, 6.45) is 5.44. The third-order valence-corrected chi connectivity index (χ3v) is 6.59. The van der Waals surface area contributed by atoms with Crippen LogP contribution < -0.4 is 19.8 Å². The Morgan fingerprint density at radius 3 is 2.51 bits per heavy atom. The summed E-state index contributed by atoms with van der Waals surface area (Å²) in [4.78, 5) is 12.4. The number of hydrogen-bond acceptors (Lipinski definition) is 5. The number of unbranched alkanes of at least 4 members (excludes halogenated alkanes) is 3. The highest BCUT2D eigenvalue weighted by Crippen LogP contribution is 2.38. The van der Waals surface area contributed by atoms with Gasteiger partial charge in [0.2, 0.25) is 6.79 Å². The van der Waals surface area contributed by atoms with Crippen LogP contribution in [-0.2, 0) is 13.0 Å². The van der Waals surface area contributed by atoms with E-state index < -0.39 is 5.63 Å². The molecule has 1 aliphatic heterocycles. The number of aryl methyl sites for hydroxylation is 1. The second-order valence-electron chi connectivity index (χ2n) is 8.70. The second kappa shape index (κ2) is 10.4. The van der Waals surface area contributed by atoms with Crippen molar-refractivity contribution in [2.24, 2.45) is 0 Å². The second-order valence-corrected chi connectivity index (χ2v) is 9.10. The molecule has 0 saturated heterocycles. The molecule has 0 N–H and O–H groups in total. The molecule has 4 aromatic rings. The van der Waals surface area contributed by atoms with Gasteiger partial charge in [0.05, 0.1) is 5.02 Å². The van der Waals surface area contributed by atoms with Crippen molar-refractivity contribution < 1.29 is 18.6 Å². The van der Waals surface area contributed by atoms with Crippen LogP contribution in [-0.4, -0.2) is 6.79 Å². The first-order valence-electron chi connectivity index (χ1n) is 12.0. The van der Waals surface area contributed by atoms with Crippen LogP contribution >= 0.6 is 11.6 Å². The van der Waals surface area contributed by atoms with E-state index in [0.29, 0.717) is 27.9 Å². The molecule has 0 spiro atoms. The monoisotopic (exact) mass is 490 g/mol. The molecule has 2 heterocycles. The van der Waals surface area contributed by atoms with Crippen LogP contribution in [0.2, 0.25) is 5.02 Å². The van der Waals surface area contributed by atoms with E-state index in [-0.39, 0.29) is 13.4 Å². The zero-order chi connectivity index (χ0) is 24.2. The summed E-state index contributed by atoms with van der Waals surface area (Å²) in [6, 6.07) is 19.0. The summed E-state index contributed by atoms with van der Waals surface area (Å²) in [6.45, 7) is 2.64. The molecule has 1 aliphatic rings. The fraction of sp³-hybridized carbons (Fsp3) is 0.276. The van der Waals surface area contributed by atoms with E-state index >= 15 is 0 Å². The van der Waals surface area contributed by atoms with Crippen molar-refractivity contribution in [1.82, 2.24) is 0 Å². The molecule has 5 rings (SSSR count).